The fraction of sp³-hybridized carbons (Fsp3) is 0.400. The summed E-state index contributed by atoms with van der Waals surface area (Å²) in [6, 6.07) is 7.88. The quantitative estimate of drug-likeness (QED) is 0.909. The second-order valence-electron chi connectivity index (χ2n) is 5.26. The number of rotatable bonds is 2. The molecule has 1 aliphatic rings. The van der Waals surface area contributed by atoms with Crippen LogP contribution in [0.4, 0.5) is 5.82 Å². The molecule has 2 heterocycles. The van der Waals surface area contributed by atoms with Crippen molar-refractivity contribution in [1.82, 2.24) is 10.2 Å². The Morgan fingerprint density at radius 1 is 1.25 bits per heavy atom. The minimum atomic E-state index is -1.04. The Bertz CT molecular complexity index is 657. The maximum atomic E-state index is 11.3. The number of hydrogen-bond acceptors (Lipinski definition) is 4. The Morgan fingerprint density at radius 2 is 2.00 bits per heavy atom. The third-order valence-corrected chi connectivity index (χ3v) is 3.95. The molecule has 3 rings (SSSR count). The number of aromatic carboxylic acids is 1. The van der Waals surface area contributed by atoms with Gasteiger partial charge in [-0.3, -0.25) is 0 Å². The minimum absolute atomic E-state index is 0.0222. The van der Waals surface area contributed by atoms with Gasteiger partial charge in [0.05, 0.1) is 0 Å². The zero-order valence-corrected chi connectivity index (χ0v) is 11.4. The van der Waals surface area contributed by atoms with Gasteiger partial charge in [-0.1, -0.05) is 24.3 Å². The molecule has 0 radical (unpaired) electrons. The van der Waals surface area contributed by atoms with Crippen molar-refractivity contribution in [2.45, 2.75) is 32.2 Å². The number of carbonyl (C=O) groups is 1. The topological polar surface area (TPSA) is 66.3 Å². The number of anilines is 1. The van der Waals surface area contributed by atoms with Crippen molar-refractivity contribution in [3.8, 4) is 0 Å². The van der Waals surface area contributed by atoms with Crippen LogP contribution in [0.2, 0.25) is 0 Å². The lowest BCUT2D eigenvalue weighted by Crippen LogP contribution is -2.38. The Morgan fingerprint density at radius 3 is 2.70 bits per heavy atom. The Kier molecular flexibility index (Phi) is 3.26. The van der Waals surface area contributed by atoms with Crippen LogP contribution in [0.25, 0.3) is 10.8 Å². The molecule has 1 atom stereocenters. The molecule has 1 aromatic heterocycles. The molecular formula is C15H17N3O2. The summed E-state index contributed by atoms with van der Waals surface area (Å²) in [5.74, 6) is -0.232. The maximum Gasteiger partial charge on any atom is 0.357 e. The molecule has 5 nitrogen and oxygen atoms in total. The van der Waals surface area contributed by atoms with Crippen LogP contribution in [-0.2, 0) is 0 Å². The molecule has 20 heavy (non-hydrogen) atoms. The highest BCUT2D eigenvalue weighted by Gasteiger charge is 2.23. The average molecular weight is 271 g/mol. The van der Waals surface area contributed by atoms with E-state index in [-0.39, 0.29) is 5.69 Å². The fourth-order valence-corrected chi connectivity index (χ4v) is 2.87. The number of nitrogens with zero attached hydrogens (tertiary/aromatic N) is 3. The van der Waals surface area contributed by atoms with Crippen LogP contribution in [0.15, 0.2) is 24.3 Å². The summed E-state index contributed by atoms with van der Waals surface area (Å²) < 4.78 is 0. The Balaban J connectivity index is 2.17. The van der Waals surface area contributed by atoms with Gasteiger partial charge in [-0.15, -0.1) is 10.2 Å². The van der Waals surface area contributed by atoms with Gasteiger partial charge >= 0.3 is 5.97 Å². The molecule has 0 amide bonds. The lowest BCUT2D eigenvalue weighted by atomic mass is 10.0. The third-order valence-electron chi connectivity index (χ3n) is 3.95. The zero-order valence-electron chi connectivity index (χ0n) is 11.4. The lowest BCUT2D eigenvalue weighted by Gasteiger charge is -2.34. The van der Waals surface area contributed by atoms with E-state index >= 15 is 0 Å². The van der Waals surface area contributed by atoms with Crippen molar-refractivity contribution in [3.05, 3.63) is 30.0 Å². The van der Waals surface area contributed by atoms with E-state index in [1.54, 1.807) is 6.07 Å². The molecule has 1 unspecified atom stereocenters. The van der Waals surface area contributed by atoms with Crippen LogP contribution in [0.5, 0.6) is 0 Å². The molecule has 0 aliphatic carbocycles. The number of carboxylic acid groups (broad SMARTS) is 1. The molecule has 1 aliphatic heterocycles. The standard InChI is InChI=1S/C15H17N3O2/c1-10-6-4-5-9-18(10)14-12-8-3-2-7-11(12)13(15(19)20)16-17-14/h2-3,7-8,10H,4-6,9H2,1H3,(H,19,20). The number of carboxylic acids is 1. The molecular weight excluding hydrogens is 254 g/mol. The summed E-state index contributed by atoms with van der Waals surface area (Å²) >= 11 is 0. The van der Waals surface area contributed by atoms with E-state index in [0.29, 0.717) is 11.4 Å². The molecule has 1 fully saturated rings. The zero-order chi connectivity index (χ0) is 14.1. The van der Waals surface area contributed by atoms with Gasteiger partial charge in [-0.05, 0) is 26.2 Å². The highest BCUT2D eigenvalue weighted by Crippen LogP contribution is 2.30. The summed E-state index contributed by atoms with van der Waals surface area (Å²) in [5.41, 5.74) is 0.0222. The second-order valence-corrected chi connectivity index (χ2v) is 5.26. The minimum Gasteiger partial charge on any atom is -0.476 e. The summed E-state index contributed by atoms with van der Waals surface area (Å²) in [5, 5.41) is 18.9. The third kappa shape index (κ3) is 2.09. The van der Waals surface area contributed by atoms with Crippen LogP contribution in [0.3, 0.4) is 0 Å². The molecule has 2 aromatic rings. The first-order valence-electron chi connectivity index (χ1n) is 6.94. The van der Waals surface area contributed by atoms with Crippen LogP contribution >= 0.6 is 0 Å². The summed E-state index contributed by atoms with van der Waals surface area (Å²) in [6.45, 7) is 3.13. The molecule has 5 heteroatoms. The van der Waals surface area contributed by atoms with Crippen molar-refractivity contribution in [2.24, 2.45) is 0 Å². The largest absolute Gasteiger partial charge is 0.476 e. The Hall–Kier alpha value is -2.17. The first kappa shape index (κ1) is 12.8. The van der Waals surface area contributed by atoms with Gasteiger partial charge in [0.1, 0.15) is 0 Å². The van der Waals surface area contributed by atoms with E-state index < -0.39 is 5.97 Å². The van der Waals surface area contributed by atoms with Gasteiger partial charge < -0.3 is 10.0 Å². The van der Waals surface area contributed by atoms with E-state index in [1.165, 1.54) is 6.42 Å². The van der Waals surface area contributed by atoms with E-state index in [9.17, 15) is 9.90 Å². The van der Waals surface area contributed by atoms with Gasteiger partial charge in [0.2, 0.25) is 0 Å². The molecule has 0 saturated carbocycles. The predicted octanol–water partition coefficient (Wildman–Crippen LogP) is 2.71. The molecule has 0 bridgehead atoms. The van der Waals surface area contributed by atoms with Gasteiger partial charge in [-0.25, -0.2) is 4.79 Å². The van der Waals surface area contributed by atoms with E-state index in [4.69, 9.17) is 0 Å². The van der Waals surface area contributed by atoms with E-state index in [0.717, 1.165) is 30.6 Å². The van der Waals surface area contributed by atoms with Crippen LogP contribution in [0.1, 0.15) is 36.7 Å². The molecule has 1 aromatic carbocycles. The molecule has 104 valence electrons. The first-order chi connectivity index (χ1) is 9.68. The van der Waals surface area contributed by atoms with Crippen LogP contribution in [-0.4, -0.2) is 33.9 Å². The second kappa shape index (κ2) is 5.07. The van der Waals surface area contributed by atoms with Crippen molar-refractivity contribution in [3.63, 3.8) is 0 Å². The van der Waals surface area contributed by atoms with Gasteiger partial charge in [0, 0.05) is 23.4 Å². The van der Waals surface area contributed by atoms with E-state index in [1.807, 2.05) is 18.2 Å². The highest BCUT2D eigenvalue weighted by atomic mass is 16.4. The molecule has 0 spiro atoms. The number of aromatic nitrogens is 2. The average Bonchev–Trinajstić information content (AvgIpc) is 2.46. The monoisotopic (exact) mass is 271 g/mol. The number of piperidine rings is 1. The summed E-state index contributed by atoms with van der Waals surface area (Å²) in [7, 11) is 0. The van der Waals surface area contributed by atoms with Crippen LogP contribution in [0, 0.1) is 0 Å². The normalized spacial score (nSPS) is 19.2. The van der Waals surface area contributed by atoms with Gasteiger partial charge in [0.15, 0.2) is 11.5 Å². The fourth-order valence-electron chi connectivity index (χ4n) is 2.87. The molecule has 1 saturated heterocycles. The number of benzene rings is 1. The Labute approximate surface area is 117 Å². The van der Waals surface area contributed by atoms with Gasteiger partial charge in [-0.2, -0.15) is 0 Å². The number of hydrogen-bond donors (Lipinski definition) is 1. The SMILES string of the molecule is CC1CCCCN1c1nnc(C(=O)O)c2ccccc12. The lowest BCUT2D eigenvalue weighted by molar-refractivity contribution is 0.0691. The first-order valence-corrected chi connectivity index (χ1v) is 6.94. The van der Waals surface area contributed by atoms with Crippen molar-refractivity contribution < 1.29 is 9.90 Å². The van der Waals surface area contributed by atoms with Crippen molar-refractivity contribution in [2.75, 3.05) is 11.4 Å². The van der Waals surface area contributed by atoms with E-state index in [2.05, 4.69) is 22.0 Å². The maximum absolute atomic E-state index is 11.3. The summed E-state index contributed by atoms with van der Waals surface area (Å²) in [6.07, 6.45) is 3.51. The van der Waals surface area contributed by atoms with Gasteiger partial charge in [0.25, 0.3) is 0 Å². The number of fused-ring (bicyclic) bond motifs is 1. The van der Waals surface area contributed by atoms with Crippen molar-refractivity contribution in [1.29, 1.82) is 0 Å². The molecule has 1 N–H and O–H groups in total. The smallest absolute Gasteiger partial charge is 0.357 e. The predicted molar refractivity (Wildman–Crippen MR) is 77.2 cm³/mol. The summed E-state index contributed by atoms with van der Waals surface area (Å²) in [4.78, 5) is 13.5. The highest BCUT2D eigenvalue weighted by molar-refractivity contribution is 6.04. The van der Waals surface area contributed by atoms with Crippen molar-refractivity contribution >= 4 is 22.6 Å². The van der Waals surface area contributed by atoms with Crippen LogP contribution < -0.4 is 4.90 Å².